The van der Waals surface area contributed by atoms with Gasteiger partial charge in [-0.3, -0.25) is 10.4 Å². The quantitative estimate of drug-likeness (QED) is 0.357. The van der Waals surface area contributed by atoms with Crippen molar-refractivity contribution in [3.05, 3.63) is 60.2 Å². The van der Waals surface area contributed by atoms with Crippen LogP contribution in [0.3, 0.4) is 0 Å². The number of aromatic carboxylic acids is 1. The summed E-state index contributed by atoms with van der Waals surface area (Å²) in [6.45, 7) is 0. The molecule has 138 valence electrons. The first-order valence-corrected chi connectivity index (χ1v) is 8.08. The van der Waals surface area contributed by atoms with Crippen molar-refractivity contribution < 1.29 is 32.3 Å². The zero-order chi connectivity index (χ0) is 19.3. The Labute approximate surface area is 145 Å². The molecule has 0 spiro atoms. The Morgan fingerprint density at radius 3 is 1.48 bits per heavy atom. The van der Waals surface area contributed by atoms with Gasteiger partial charge in [0.05, 0.1) is 19.8 Å². The van der Waals surface area contributed by atoms with Gasteiger partial charge in [-0.25, -0.2) is 4.79 Å². The van der Waals surface area contributed by atoms with E-state index in [9.17, 15) is 13.2 Å². The second-order valence-electron chi connectivity index (χ2n) is 4.15. The molecule has 0 aliphatic rings. The average Bonchev–Trinajstić information content (AvgIpc) is 2.63. The van der Waals surface area contributed by atoms with Gasteiger partial charge in [0, 0.05) is 6.07 Å². The Balaban J connectivity index is 0.000000399. The van der Waals surface area contributed by atoms with Crippen molar-refractivity contribution in [3.63, 3.8) is 0 Å². The number of ether oxygens (including phenoxy) is 2. The van der Waals surface area contributed by atoms with Crippen molar-refractivity contribution in [1.82, 2.24) is 4.83 Å². The number of nitrogens with two attached hydrogens (primary N) is 1. The van der Waals surface area contributed by atoms with Gasteiger partial charge in [0.15, 0.2) is 0 Å². The predicted octanol–water partition coefficient (Wildman–Crippen LogP) is 1.34. The number of nitrogens with one attached hydrogen (secondary N) is 1. The monoisotopic (exact) mass is 372 g/mol. The minimum Gasteiger partial charge on any atom is -0.497 e. The summed E-state index contributed by atoms with van der Waals surface area (Å²) in [5.41, 5.74) is 0.149. The number of carbonyl (C=O) groups is 1. The van der Waals surface area contributed by atoms with E-state index in [1.807, 2.05) is 36.4 Å². The highest BCUT2D eigenvalue weighted by Crippen LogP contribution is 2.22. The van der Waals surface area contributed by atoms with E-state index in [0.717, 1.165) is 4.83 Å². The van der Waals surface area contributed by atoms with Gasteiger partial charge >= 0.3 is 16.3 Å². The molecule has 0 bridgehead atoms. The van der Waals surface area contributed by atoms with Gasteiger partial charge in [0.2, 0.25) is 0 Å². The number of hydrazine groups is 1. The second-order valence-corrected chi connectivity index (χ2v) is 5.34. The Kier molecular flexibility index (Phi) is 10.6. The molecule has 0 radical (unpaired) electrons. The van der Waals surface area contributed by atoms with E-state index < -0.39 is 16.3 Å². The summed E-state index contributed by atoms with van der Waals surface area (Å²) in [7, 11) is -1.19. The van der Waals surface area contributed by atoms with Crippen molar-refractivity contribution >= 4 is 16.3 Å². The van der Waals surface area contributed by atoms with Gasteiger partial charge in [-0.05, 0) is 12.1 Å². The van der Waals surface area contributed by atoms with Crippen LogP contribution in [0.4, 0.5) is 0 Å². The van der Waals surface area contributed by atoms with Crippen LogP contribution in [0.2, 0.25) is 0 Å². The number of benzene rings is 2. The van der Waals surface area contributed by atoms with Gasteiger partial charge < -0.3 is 14.6 Å². The molecule has 0 atom stereocenters. The van der Waals surface area contributed by atoms with Gasteiger partial charge in [-0.1, -0.05) is 36.4 Å². The average molecular weight is 372 g/mol. The van der Waals surface area contributed by atoms with Crippen molar-refractivity contribution in [1.29, 1.82) is 0 Å². The molecule has 2 aromatic carbocycles. The van der Waals surface area contributed by atoms with Gasteiger partial charge in [0.1, 0.15) is 11.5 Å². The number of rotatable bonds is 4. The molecule has 0 saturated carbocycles. The molecule has 2 aromatic rings. The molecule has 0 fully saturated rings. The fraction of sp³-hybridized carbons (Fsp3) is 0.133. The van der Waals surface area contributed by atoms with Gasteiger partial charge in [0.25, 0.3) is 0 Å². The first kappa shape index (κ1) is 22.3. The van der Waals surface area contributed by atoms with Gasteiger partial charge in [-0.15, -0.1) is 4.83 Å². The molecule has 0 amide bonds. The molecule has 0 aromatic heterocycles. The topological polar surface area (TPSA) is 148 Å². The SMILES string of the molecule is COc1cc(OC)cc(C(=O)O)c1.NNS(=O)(=O)O.c1ccccc1. The highest BCUT2D eigenvalue weighted by Gasteiger charge is 2.07. The first-order chi connectivity index (χ1) is 11.7. The zero-order valence-corrected chi connectivity index (χ0v) is 14.4. The van der Waals surface area contributed by atoms with Crippen LogP contribution < -0.4 is 20.1 Å². The van der Waals surface area contributed by atoms with E-state index in [0.29, 0.717) is 11.5 Å². The molecular weight excluding hydrogens is 352 g/mol. The van der Waals surface area contributed by atoms with E-state index in [1.165, 1.54) is 26.4 Å². The minimum absolute atomic E-state index is 0.149. The Bertz CT molecular complexity index is 688. The largest absolute Gasteiger partial charge is 0.497 e. The molecule has 0 heterocycles. The lowest BCUT2D eigenvalue weighted by Gasteiger charge is -2.05. The Hall–Kier alpha value is -2.66. The van der Waals surface area contributed by atoms with Crippen LogP contribution in [0, 0.1) is 0 Å². The molecule has 0 saturated heterocycles. The predicted molar refractivity (Wildman–Crippen MR) is 91.8 cm³/mol. The molecule has 0 aliphatic carbocycles. The number of carboxylic acids is 1. The Morgan fingerprint density at radius 1 is 0.960 bits per heavy atom. The van der Waals surface area contributed by atoms with Crippen LogP contribution in [0.15, 0.2) is 54.6 Å². The fourth-order valence-electron chi connectivity index (χ4n) is 1.32. The molecule has 9 nitrogen and oxygen atoms in total. The summed E-state index contributed by atoms with van der Waals surface area (Å²) < 4.78 is 36.0. The number of carboxylic acid groups (broad SMARTS) is 1. The minimum atomic E-state index is -4.13. The zero-order valence-electron chi connectivity index (χ0n) is 13.6. The van der Waals surface area contributed by atoms with Crippen LogP contribution in [0.5, 0.6) is 11.5 Å². The van der Waals surface area contributed by atoms with E-state index in [1.54, 1.807) is 6.07 Å². The van der Waals surface area contributed by atoms with E-state index >= 15 is 0 Å². The van der Waals surface area contributed by atoms with Crippen LogP contribution in [-0.4, -0.2) is 38.3 Å². The Morgan fingerprint density at radius 2 is 1.28 bits per heavy atom. The summed E-state index contributed by atoms with van der Waals surface area (Å²) in [4.78, 5) is 11.8. The summed E-state index contributed by atoms with van der Waals surface area (Å²) in [5.74, 6) is 4.15. The van der Waals surface area contributed by atoms with E-state index in [-0.39, 0.29) is 5.56 Å². The van der Waals surface area contributed by atoms with Crippen molar-refractivity contribution in [2.75, 3.05) is 14.2 Å². The summed E-state index contributed by atoms with van der Waals surface area (Å²) in [6, 6.07) is 16.5. The summed E-state index contributed by atoms with van der Waals surface area (Å²) in [5, 5.41) is 8.71. The summed E-state index contributed by atoms with van der Waals surface area (Å²) in [6.07, 6.45) is 0. The maximum atomic E-state index is 10.6. The lowest BCUT2D eigenvalue weighted by Crippen LogP contribution is -2.29. The van der Waals surface area contributed by atoms with E-state index in [2.05, 4.69) is 5.84 Å². The van der Waals surface area contributed by atoms with Crippen molar-refractivity contribution in [2.24, 2.45) is 5.84 Å². The molecular formula is C15H20N2O7S. The lowest BCUT2D eigenvalue weighted by atomic mass is 10.2. The highest BCUT2D eigenvalue weighted by molar-refractivity contribution is 7.83. The molecule has 10 heteroatoms. The number of hydrogen-bond donors (Lipinski definition) is 4. The van der Waals surface area contributed by atoms with E-state index in [4.69, 9.17) is 19.1 Å². The van der Waals surface area contributed by atoms with Crippen molar-refractivity contribution in [3.8, 4) is 11.5 Å². The lowest BCUT2D eigenvalue weighted by molar-refractivity contribution is 0.0696. The molecule has 0 aliphatic heterocycles. The third-order valence-corrected chi connectivity index (χ3v) is 2.71. The van der Waals surface area contributed by atoms with Crippen LogP contribution in [0.25, 0.3) is 0 Å². The van der Waals surface area contributed by atoms with Crippen LogP contribution in [-0.2, 0) is 10.3 Å². The molecule has 2 rings (SSSR count). The highest BCUT2D eigenvalue weighted by atomic mass is 32.2. The molecule has 25 heavy (non-hydrogen) atoms. The first-order valence-electron chi connectivity index (χ1n) is 6.64. The molecule has 0 unspecified atom stereocenters. The van der Waals surface area contributed by atoms with Gasteiger partial charge in [-0.2, -0.15) is 8.42 Å². The maximum absolute atomic E-state index is 10.6. The third kappa shape index (κ3) is 11.5. The normalized spacial score (nSPS) is 9.60. The number of hydrogen-bond acceptors (Lipinski definition) is 6. The second kappa shape index (κ2) is 11.8. The standard InChI is InChI=1S/C9H10O4.C6H6.H4N2O3S/c1-12-7-3-6(9(10)11)4-8(5-7)13-2;1-2-4-6-5-3-1;1-2-6(3,4)5/h3-5H,1-2H3,(H,10,11);1-6H;2H,1H2,(H,3,4,5). The smallest absolute Gasteiger partial charge is 0.346 e. The molecule has 5 N–H and O–H groups in total. The third-order valence-electron chi connectivity index (χ3n) is 2.41. The maximum Gasteiger partial charge on any atom is 0.346 e. The number of methoxy groups -OCH3 is 2. The fourth-order valence-corrected chi connectivity index (χ4v) is 1.32. The van der Waals surface area contributed by atoms with Crippen LogP contribution in [0.1, 0.15) is 10.4 Å². The summed E-state index contributed by atoms with van der Waals surface area (Å²) >= 11 is 0. The van der Waals surface area contributed by atoms with Crippen LogP contribution >= 0.6 is 0 Å². The van der Waals surface area contributed by atoms with Crippen molar-refractivity contribution in [2.45, 2.75) is 0 Å².